The topological polar surface area (TPSA) is 26.0 Å². The third kappa shape index (κ3) is 7.27. The van der Waals surface area contributed by atoms with Crippen molar-refractivity contribution in [1.82, 2.24) is 0 Å². The Labute approximate surface area is 103 Å². The van der Waals surface area contributed by atoms with Crippen LogP contribution in [0.1, 0.15) is 66.7 Å². The summed E-state index contributed by atoms with van der Waals surface area (Å²) in [6.07, 6.45) is 7.12. The van der Waals surface area contributed by atoms with E-state index in [1.165, 1.54) is 32.1 Å². The molecule has 1 heteroatoms. The van der Waals surface area contributed by atoms with Gasteiger partial charge in [0.05, 0.1) is 0 Å². The zero-order chi connectivity index (χ0) is 12.6. The number of nitrogens with two attached hydrogens (primary N) is 1. The highest BCUT2D eigenvalue weighted by atomic mass is 14.5. The van der Waals surface area contributed by atoms with Crippen LogP contribution >= 0.6 is 0 Å². The van der Waals surface area contributed by atoms with Crippen LogP contribution in [0.15, 0.2) is 0 Å². The van der Waals surface area contributed by atoms with Gasteiger partial charge in [0.1, 0.15) is 0 Å². The predicted octanol–water partition coefficient (Wildman–Crippen LogP) is 4.46. The van der Waals surface area contributed by atoms with Gasteiger partial charge in [-0.05, 0) is 43.1 Å². The highest BCUT2D eigenvalue weighted by Gasteiger charge is 2.19. The fourth-order valence-corrected chi connectivity index (χ4v) is 2.12. The number of rotatable bonds is 3. The Hall–Kier alpha value is -0.0400. The number of hydrogen-bond donors (Lipinski definition) is 1. The van der Waals surface area contributed by atoms with Gasteiger partial charge in [-0.2, -0.15) is 0 Å². The fourth-order valence-electron chi connectivity index (χ4n) is 2.12. The second kappa shape index (κ2) is 9.04. The summed E-state index contributed by atoms with van der Waals surface area (Å²) in [5, 5.41) is 0. The summed E-state index contributed by atoms with van der Waals surface area (Å²) < 4.78 is 0. The molecule has 0 amide bonds. The lowest BCUT2D eigenvalue weighted by molar-refractivity contribution is 0.234. The van der Waals surface area contributed by atoms with E-state index in [0.29, 0.717) is 5.92 Å². The van der Waals surface area contributed by atoms with E-state index in [-0.39, 0.29) is 0 Å². The minimum absolute atomic E-state index is 0.713. The minimum Gasteiger partial charge on any atom is -0.330 e. The van der Waals surface area contributed by atoms with E-state index in [2.05, 4.69) is 34.6 Å². The summed E-state index contributed by atoms with van der Waals surface area (Å²) in [5.41, 5.74) is 5.28. The molecule has 98 valence electrons. The van der Waals surface area contributed by atoms with Gasteiger partial charge in [-0.3, -0.25) is 0 Å². The molecule has 1 aliphatic rings. The Morgan fingerprint density at radius 1 is 1.06 bits per heavy atom. The molecule has 0 aromatic heterocycles. The van der Waals surface area contributed by atoms with Crippen LogP contribution < -0.4 is 5.73 Å². The molecule has 16 heavy (non-hydrogen) atoms. The summed E-state index contributed by atoms with van der Waals surface area (Å²) in [6.45, 7) is 12.2. The van der Waals surface area contributed by atoms with Crippen LogP contribution in [0, 0.1) is 23.7 Å². The summed E-state index contributed by atoms with van der Waals surface area (Å²) in [5.74, 6) is 3.68. The molecule has 0 saturated heterocycles. The van der Waals surface area contributed by atoms with Crippen LogP contribution in [0.5, 0.6) is 0 Å². The SMILES string of the molecule is CC1CCC(C(C)C)CC1.CCC(C)CN. The van der Waals surface area contributed by atoms with Crippen LogP contribution in [-0.2, 0) is 0 Å². The zero-order valence-corrected chi connectivity index (χ0v) is 12.1. The lowest BCUT2D eigenvalue weighted by Crippen LogP contribution is -2.16. The van der Waals surface area contributed by atoms with Crippen molar-refractivity contribution in [2.45, 2.75) is 66.7 Å². The van der Waals surface area contributed by atoms with Gasteiger partial charge in [0.2, 0.25) is 0 Å². The van der Waals surface area contributed by atoms with Crippen molar-refractivity contribution in [3.05, 3.63) is 0 Å². The molecule has 1 fully saturated rings. The first-order valence-corrected chi connectivity index (χ1v) is 7.21. The Morgan fingerprint density at radius 2 is 1.56 bits per heavy atom. The second-order valence-electron chi connectivity index (χ2n) is 6.01. The van der Waals surface area contributed by atoms with Gasteiger partial charge >= 0.3 is 0 Å². The fraction of sp³-hybridized carbons (Fsp3) is 1.00. The van der Waals surface area contributed by atoms with E-state index in [4.69, 9.17) is 5.73 Å². The molecule has 1 aliphatic carbocycles. The molecule has 1 nitrogen and oxygen atoms in total. The first-order chi connectivity index (χ1) is 7.51. The van der Waals surface area contributed by atoms with Crippen molar-refractivity contribution >= 4 is 0 Å². The van der Waals surface area contributed by atoms with Crippen molar-refractivity contribution in [1.29, 1.82) is 0 Å². The molecule has 2 N–H and O–H groups in total. The van der Waals surface area contributed by atoms with Crippen molar-refractivity contribution in [2.75, 3.05) is 6.54 Å². The molecule has 0 spiro atoms. The molecular formula is C15H33N. The maximum atomic E-state index is 5.28. The normalized spacial score (nSPS) is 27.2. The molecule has 0 radical (unpaired) electrons. The van der Waals surface area contributed by atoms with Gasteiger partial charge in [-0.25, -0.2) is 0 Å². The predicted molar refractivity (Wildman–Crippen MR) is 74.5 cm³/mol. The quantitative estimate of drug-likeness (QED) is 0.757. The molecule has 0 aliphatic heterocycles. The third-order valence-electron chi connectivity index (χ3n) is 4.10. The summed E-state index contributed by atoms with van der Waals surface area (Å²) in [6, 6.07) is 0. The third-order valence-corrected chi connectivity index (χ3v) is 4.10. The zero-order valence-electron chi connectivity index (χ0n) is 12.1. The van der Waals surface area contributed by atoms with Crippen LogP contribution in [0.4, 0.5) is 0 Å². The Morgan fingerprint density at radius 3 is 1.81 bits per heavy atom. The van der Waals surface area contributed by atoms with Crippen molar-refractivity contribution in [2.24, 2.45) is 29.4 Å². The van der Waals surface area contributed by atoms with Gasteiger partial charge in [0.25, 0.3) is 0 Å². The van der Waals surface area contributed by atoms with Crippen molar-refractivity contribution < 1.29 is 0 Å². The molecule has 0 bridgehead atoms. The van der Waals surface area contributed by atoms with Crippen molar-refractivity contribution in [3.8, 4) is 0 Å². The van der Waals surface area contributed by atoms with Gasteiger partial charge in [-0.1, -0.05) is 53.9 Å². The van der Waals surface area contributed by atoms with Gasteiger partial charge in [0.15, 0.2) is 0 Å². The molecule has 0 heterocycles. The van der Waals surface area contributed by atoms with Crippen LogP contribution in [0.2, 0.25) is 0 Å². The average Bonchev–Trinajstić information content (AvgIpc) is 2.29. The second-order valence-corrected chi connectivity index (χ2v) is 6.01. The first kappa shape index (κ1) is 16.0. The van der Waals surface area contributed by atoms with E-state index in [9.17, 15) is 0 Å². The Balaban J connectivity index is 0.000000325. The lowest BCUT2D eigenvalue weighted by atomic mass is 9.78. The minimum atomic E-state index is 0.713. The highest BCUT2D eigenvalue weighted by molar-refractivity contribution is 4.71. The van der Waals surface area contributed by atoms with Gasteiger partial charge in [-0.15, -0.1) is 0 Å². The Kier molecular flexibility index (Phi) is 9.02. The molecule has 1 unspecified atom stereocenters. The van der Waals surface area contributed by atoms with Crippen LogP contribution in [-0.4, -0.2) is 6.54 Å². The first-order valence-electron chi connectivity index (χ1n) is 7.21. The van der Waals surface area contributed by atoms with Crippen molar-refractivity contribution in [3.63, 3.8) is 0 Å². The molecular weight excluding hydrogens is 194 g/mol. The maximum absolute atomic E-state index is 5.28. The largest absolute Gasteiger partial charge is 0.330 e. The molecule has 0 aromatic rings. The molecule has 1 atom stereocenters. The summed E-state index contributed by atoms with van der Waals surface area (Å²) in [7, 11) is 0. The van der Waals surface area contributed by atoms with E-state index in [1.807, 2.05) is 0 Å². The Bertz CT molecular complexity index is 142. The maximum Gasteiger partial charge on any atom is -0.00516 e. The molecule has 1 rings (SSSR count). The van der Waals surface area contributed by atoms with Gasteiger partial charge in [0, 0.05) is 0 Å². The highest BCUT2D eigenvalue weighted by Crippen LogP contribution is 2.32. The van der Waals surface area contributed by atoms with Crippen LogP contribution in [0.25, 0.3) is 0 Å². The number of hydrogen-bond acceptors (Lipinski definition) is 1. The van der Waals surface area contributed by atoms with E-state index in [0.717, 1.165) is 24.3 Å². The van der Waals surface area contributed by atoms with E-state index in [1.54, 1.807) is 0 Å². The van der Waals surface area contributed by atoms with E-state index < -0.39 is 0 Å². The average molecular weight is 227 g/mol. The standard InChI is InChI=1S/C10H20.C5H13N/c1-8(2)10-6-4-9(3)5-7-10;1-3-5(2)4-6/h8-10H,4-7H2,1-3H3;5H,3-4,6H2,1-2H3. The monoisotopic (exact) mass is 227 g/mol. The van der Waals surface area contributed by atoms with E-state index >= 15 is 0 Å². The molecule has 1 saturated carbocycles. The summed E-state index contributed by atoms with van der Waals surface area (Å²) >= 11 is 0. The smallest absolute Gasteiger partial charge is 0.00516 e. The van der Waals surface area contributed by atoms with Gasteiger partial charge < -0.3 is 5.73 Å². The summed E-state index contributed by atoms with van der Waals surface area (Å²) in [4.78, 5) is 0. The lowest BCUT2D eigenvalue weighted by Gasteiger charge is -2.28. The van der Waals surface area contributed by atoms with Crippen LogP contribution in [0.3, 0.4) is 0 Å². The molecule has 0 aromatic carbocycles.